The van der Waals surface area contributed by atoms with Crippen molar-refractivity contribution < 1.29 is 23.7 Å². The van der Waals surface area contributed by atoms with Crippen molar-refractivity contribution in [3.63, 3.8) is 0 Å². The van der Waals surface area contributed by atoms with Crippen LogP contribution in [-0.4, -0.2) is 51.8 Å². The summed E-state index contributed by atoms with van der Waals surface area (Å²) in [6.07, 6.45) is 5.44. The first kappa shape index (κ1) is 28.8. The lowest BCUT2D eigenvalue weighted by Crippen LogP contribution is -2.41. The minimum Gasteiger partial charge on any atom is -0.493 e. The molecule has 41 heavy (non-hydrogen) atoms. The predicted molar refractivity (Wildman–Crippen MR) is 160 cm³/mol. The SMILES string of the molecule is CCCOc1cc2c(cc1OC)CCCN(CC(=O)NC1CCc3ccccc31)C2Cc1ccc(OC)c(OC)c1. The van der Waals surface area contributed by atoms with Crippen molar-refractivity contribution in [3.05, 3.63) is 82.4 Å². The summed E-state index contributed by atoms with van der Waals surface area (Å²) in [5.74, 6) is 2.96. The number of benzene rings is 3. The molecule has 1 amide bonds. The minimum absolute atomic E-state index is 0.0258. The van der Waals surface area contributed by atoms with Gasteiger partial charge in [0, 0.05) is 6.04 Å². The van der Waals surface area contributed by atoms with E-state index in [2.05, 4.69) is 59.6 Å². The number of aryl methyl sites for hydroxylation is 2. The molecule has 5 rings (SSSR count). The molecule has 0 radical (unpaired) electrons. The Kier molecular flexibility index (Phi) is 9.35. The van der Waals surface area contributed by atoms with Gasteiger partial charge in [0.25, 0.3) is 0 Å². The fraction of sp³-hybridized carbons (Fsp3) is 0.441. The van der Waals surface area contributed by atoms with Crippen LogP contribution in [-0.2, 0) is 24.1 Å². The summed E-state index contributed by atoms with van der Waals surface area (Å²) < 4.78 is 22.9. The standard InChI is InChI=1S/C34H42N2O5/c1-5-17-41-33-21-27-25(20-32(33)40-4)10-8-16-36(29(27)18-23-12-15-30(38-2)31(19-23)39-3)22-34(37)35-28-14-13-24-9-6-7-11-26(24)28/h6-7,9,11-12,15,19-21,28-29H,5,8,10,13-14,16-18,22H2,1-4H3,(H,35,37). The van der Waals surface area contributed by atoms with E-state index in [0.717, 1.165) is 55.7 Å². The molecule has 2 unspecified atom stereocenters. The Balaban J connectivity index is 1.46. The molecule has 1 aliphatic carbocycles. The van der Waals surface area contributed by atoms with Gasteiger partial charge in [-0.15, -0.1) is 0 Å². The summed E-state index contributed by atoms with van der Waals surface area (Å²) >= 11 is 0. The first-order chi connectivity index (χ1) is 20.0. The van der Waals surface area contributed by atoms with Gasteiger partial charge >= 0.3 is 0 Å². The molecule has 0 spiro atoms. The molecule has 0 saturated carbocycles. The maximum absolute atomic E-state index is 13.6. The van der Waals surface area contributed by atoms with Crippen LogP contribution in [0.15, 0.2) is 54.6 Å². The van der Waals surface area contributed by atoms with E-state index in [9.17, 15) is 4.79 Å². The molecule has 3 aromatic rings. The van der Waals surface area contributed by atoms with Crippen LogP contribution in [0.4, 0.5) is 0 Å². The van der Waals surface area contributed by atoms with E-state index >= 15 is 0 Å². The number of ether oxygens (including phenoxy) is 4. The molecule has 2 atom stereocenters. The summed E-state index contributed by atoms with van der Waals surface area (Å²) in [5, 5.41) is 3.34. The van der Waals surface area contributed by atoms with E-state index in [-0.39, 0.29) is 18.0 Å². The van der Waals surface area contributed by atoms with Gasteiger partial charge in [0.05, 0.1) is 40.5 Å². The zero-order valence-corrected chi connectivity index (χ0v) is 24.7. The number of carbonyl (C=O) groups excluding carboxylic acids is 1. The van der Waals surface area contributed by atoms with Crippen LogP contribution in [0.2, 0.25) is 0 Å². The van der Waals surface area contributed by atoms with Gasteiger partial charge in [-0.2, -0.15) is 0 Å². The third kappa shape index (κ3) is 6.46. The van der Waals surface area contributed by atoms with Crippen LogP contribution in [0.5, 0.6) is 23.0 Å². The third-order valence-corrected chi connectivity index (χ3v) is 8.27. The molecule has 3 aromatic carbocycles. The Hall–Kier alpha value is -3.71. The molecule has 0 aromatic heterocycles. The number of nitrogens with one attached hydrogen (secondary N) is 1. The average molecular weight is 559 g/mol. The summed E-state index contributed by atoms with van der Waals surface area (Å²) in [6.45, 7) is 3.85. The van der Waals surface area contributed by atoms with E-state index in [1.54, 1.807) is 21.3 Å². The molecule has 0 fully saturated rings. The molecular formula is C34H42N2O5. The van der Waals surface area contributed by atoms with Gasteiger partial charge in [-0.05, 0) is 97.2 Å². The molecule has 0 bridgehead atoms. The molecular weight excluding hydrogens is 516 g/mol. The Morgan fingerprint density at radius 3 is 2.44 bits per heavy atom. The van der Waals surface area contributed by atoms with Gasteiger partial charge in [0.1, 0.15) is 0 Å². The van der Waals surface area contributed by atoms with Gasteiger partial charge in [-0.1, -0.05) is 37.3 Å². The molecule has 1 aliphatic heterocycles. The number of amides is 1. The normalized spacial score (nSPS) is 18.1. The van der Waals surface area contributed by atoms with Crippen LogP contribution in [0.3, 0.4) is 0 Å². The second kappa shape index (κ2) is 13.3. The summed E-state index contributed by atoms with van der Waals surface area (Å²) in [7, 11) is 4.99. The second-order valence-corrected chi connectivity index (χ2v) is 10.9. The highest BCUT2D eigenvalue weighted by atomic mass is 16.5. The van der Waals surface area contributed by atoms with E-state index in [0.29, 0.717) is 31.1 Å². The highest BCUT2D eigenvalue weighted by Gasteiger charge is 2.31. The maximum Gasteiger partial charge on any atom is 0.234 e. The highest BCUT2D eigenvalue weighted by Crippen LogP contribution is 2.40. The number of hydrogen-bond acceptors (Lipinski definition) is 6. The third-order valence-electron chi connectivity index (χ3n) is 8.27. The van der Waals surface area contributed by atoms with Gasteiger partial charge in [-0.25, -0.2) is 0 Å². The Bertz CT molecular complexity index is 1360. The van der Waals surface area contributed by atoms with Crippen molar-refractivity contribution in [2.75, 3.05) is 41.0 Å². The van der Waals surface area contributed by atoms with E-state index < -0.39 is 0 Å². The number of nitrogens with zero attached hydrogens (tertiary/aromatic N) is 1. The Morgan fingerprint density at radius 1 is 0.878 bits per heavy atom. The van der Waals surface area contributed by atoms with Gasteiger partial charge in [-0.3, -0.25) is 9.69 Å². The molecule has 7 heteroatoms. The number of methoxy groups -OCH3 is 3. The fourth-order valence-corrected chi connectivity index (χ4v) is 6.24. The number of fused-ring (bicyclic) bond motifs is 2. The fourth-order valence-electron chi connectivity index (χ4n) is 6.24. The van der Waals surface area contributed by atoms with Crippen molar-refractivity contribution >= 4 is 5.91 Å². The second-order valence-electron chi connectivity index (χ2n) is 10.9. The van der Waals surface area contributed by atoms with Crippen molar-refractivity contribution in [2.24, 2.45) is 0 Å². The van der Waals surface area contributed by atoms with Crippen LogP contribution in [0.1, 0.15) is 66.1 Å². The molecule has 2 aliphatic rings. The first-order valence-corrected chi connectivity index (χ1v) is 14.7. The van der Waals surface area contributed by atoms with Crippen LogP contribution in [0, 0.1) is 0 Å². The molecule has 0 saturated heterocycles. The first-order valence-electron chi connectivity index (χ1n) is 14.7. The lowest BCUT2D eigenvalue weighted by Gasteiger charge is -2.32. The minimum atomic E-state index is -0.0258. The Morgan fingerprint density at radius 2 is 1.66 bits per heavy atom. The van der Waals surface area contributed by atoms with Gasteiger partial charge < -0.3 is 24.3 Å². The predicted octanol–water partition coefficient (Wildman–Crippen LogP) is 5.84. The number of carbonyl (C=O) groups is 1. The smallest absolute Gasteiger partial charge is 0.234 e. The Labute approximate surface area is 243 Å². The molecule has 1 N–H and O–H groups in total. The number of hydrogen-bond donors (Lipinski definition) is 1. The van der Waals surface area contributed by atoms with Crippen LogP contribution < -0.4 is 24.3 Å². The lowest BCUT2D eigenvalue weighted by atomic mass is 9.92. The summed E-state index contributed by atoms with van der Waals surface area (Å²) in [6, 6.07) is 18.8. The molecule has 7 nitrogen and oxygen atoms in total. The summed E-state index contributed by atoms with van der Waals surface area (Å²) in [5.41, 5.74) is 6.12. The zero-order chi connectivity index (χ0) is 28.8. The molecule has 1 heterocycles. The van der Waals surface area contributed by atoms with Crippen LogP contribution >= 0.6 is 0 Å². The van der Waals surface area contributed by atoms with E-state index in [1.807, 2.05) is 12.1 Å². The van der Waals surface area contributed by atoms with Crippen molar-refractivity contribution in [3.8, 4) is 23.0 Å². The van der Waals surface area contributed by atoms with E-state index in [1.165, 1.54) is 22.3 Å². The quantitative estimate of drug-likeness (QED) is 0.319. The number of rotatable bonds is 11. The van der Waals surface area contributed by atoms with E-state index in [4.69, 9.17) is 18.9 Å². The van der Waals surface area contributed by atoms with Gasteiger partial charge in [0.15, 0.2) is 23.0 Å². The monoisotopic (exact) mass is 558 g/mol. The summed E-state index contributed by atoms with van der Waals surface area (Å²) in [4.78, 5) is 15.9. The van der Waals surface area contributed by atoms with Crippen LogP contribution in [0.25, 0.3) is 0 Å². The molecule has 218 valence electrons. The van der Waals surface area contributed by atoms with Crippen molar-refractivity contribution in [2.45, 2.75) is 57.5 Å². The zero-order valence-electron chi connectivity index (χ0n) is 24.7. The average Bonchev–Trinajstić information content (AvgIpc) is 3.33. The van der Waals surface area contributed by atoms with Gasteiger partial charge in [0.2, 0.25) is 5.91 Å². The largest absolute Gasteiger partial charge is 0.493 e. The maximum atomic E-state index is 13.6. The lowest BCUT2D eigenvalue weighted by molar-refractivity contribution is -0.123. The van der Waals surface area contributed by atoms with Crippen molar-refractivity contribution in [1.82, 2.24) is 10.2 Å². The highest BCUT2D eigenvalue weighted by molar-refractivity contribution is 5.79. The van der Waals surface area contributed by atoms with Crippen molar-refractivity contribution in [1.29, 1.82) is 0 Å². The topological polar surface area (TPSA) is 69.3 Å².